The number of benzene rings is 2. The summed E-state index contributed by atoms with van der Waals surface area (Å²) in [6.45, 7) is -0.124. The molecule has 0 radical (unpaired) electrons. The van der Waals surface area contributed by atoms with Crippen LogP contribution in [0.3, 0.4) is 0 Å². The summed E-state index contributed by atoms with van der Waals surface area (Å²) >= 11 is 3.22. The molecule has 0 unspecified atom stereocenters. The normalized spacial score (nSPS) is 15.2. The molecule has 2 aromatic rings. The minimum atomic E-state index is -4.65. The number of sulfonamides is 1. The van der Waals surface area contributed by atoms with Crippen molar-refractivity contribution >= 4 is 37.4 Å². The molecular weight excluding hydrogens is 423 g/mol. The van der Waals surface area contributed by atoms with Crippen molar-refractivity contribution < 1.29 is 26.4 Å². The number of fused-ring (bicyclic) bond motifs is 1. The Labute approximate surface area is 150 Å². The van der Waals surface area contributed by atoms with E-state index in [0.717, 1.165) is 22.5 Å². The van der Waals surface area contributed by atoms with E-state index < -0.39 is 26.7 Å². The third kappa shape index (κ3) is 3.30. The predicted molar refractivity (Wildman–Crippen MR) is 89.1 cm³/mol. The van der Waals surface area contributed by atoms with E-state index in [1.54, 1.807) is 6.07 Å². The average molecular weight is 434 g/mol. The zero-order valence-corrected chi connectivity index (χ0v) is 15.0. The Morgan fingerprint density at radius 1 is 1.08 bits per heavy atom. The van der Waals surface area contributed by atoms with E-state index in [0.29, 0.717) is 10.5 Å². The maximum absolute atomic E-state index is 12.9. The van der Waals surface area contributed by atoms with Crippen LogP contribution in [0.25, 0.3) is 0 Å². The van der Waals surface area contributed by atoms with Crippen molar-refractivity contribution in [1.29, 1.82) is 0 Å². The predicted octanol–water partition coefficient (Wildman–Crippen LogP) is 4.25. The molecule has 3 rings (SSSR count). The molecule has 4 nitrogen and oxygen atoms in total. The maximum Gasteiger partial charge on any atom is 0.416 e. The lowest BCUT2D eigenvalue weighted by atomic mass is 10.0. The second-order valence-corrected chi connectivity index (χ2v) is 8.22. The first-order chi connectivity index (χ1) is 11.6. The summed E-state index contributed by atoms with van der Waals surface area (Å²) in [5.41, 5.74) is -0.663. The monoisotopic (exact) mass is 433 g/mol. The Balaban J connectivity index is 2.12. The molecule has 0 atom stereocenters. The molecule has 132 valence electrons. The fraction of sp³-hybridized carbons (Fsp3) is 0.188. The number of hydrogen-bond donors (Lipinski definition) is 0. The van der Waals surface area contributed by atoms with Gasteiger partial charge in [0.1, 0.15) is 0 Å². The number of halogens is 4. The minimum absolute atomic E-state index is 0.0349. The van der Waals surface area contributed by atoms with Crippen molar-refractivity contribution in [1.82, 2.24) is 0 Å². The first-order valence-electron chi connectivity index (χ1n) is 7.13. The van der Waals surface area contributed by atoms with Gasteiger partial charge >= 0.3 is 6.18 Å². The molecule has 0 spiro atoms. The van der Waals surface area contributed by atoms with Gasteiger partial charge in [0.15, 0.2) is 5.78 Å². The Kier molecular flexibility index (Phi) is 4.40. The number of hydrogen-bond acceptors (Lipinski definition) is 3. The van der Waals surface area contributed by atoms with Gasteiger partial charge in [-0.25, -0.2) is 8.42 Å². The fourth-order valence-electron chi connectivity index (χ4n) is 2.61. The number of rotatable bonds is 2. The highest BCUT2D eigenvalue weighted by molar-refractivity contribution is 9.10. The number of anilines is 1. The number of carbonyl (C=O) groups is 1. The van der Waals surface area contributed by atoms with Gasteiger partial charge in [0.2, 0.25) is 0 Å². The standard InChI is InChI=1S/C16H11BrF3NO3S/c17-11-4-5-13-14(9-11)21(7-6-15(13)22)25(23,24)12-3-1-2-10(8-12)16(18,19)20/h1-5,8-9H,6-7H2. The summed E-state index contributed by atoms with van der Waals surface area (Å²) in [5.74, 6) is -0.210. The Morgan fingerprint density at radius 3 is 2.48 bits per heavy atom. The molecule has 0 saturated heterocycles. The van der Waals surface area contributed by atoms with Crippen molar-refractivity contribution in [3.05, 3.63) is 58.1 Å². The lowest BCUT2D eigenvalue weighted by Crippen LogP contribution is -2.37. The van der Waals surface area contributed by atoms with Crippen LogP contribution in [0.1, 0.15) is 22.3 Å². The van der Waals surface area contributed by atoms with Crippen LogP contribution < -0.4 is 4.31 Å². The molecule has 0 fully saturated rings. The SMILES string of the molecule is O=C1CCN(S(=O)(=O)c2cccc(C(F)(F)F)c2)c2cc(Br)ccc21. The van der Waals surface area contributed by atoms with Gasteiger partial charge in [-0.05, 0) is 36.4 Å². The van der Waals surface area contributed by atoms with E-state index in [4.69, 9.17) is 0 Å². The van der Waals surface area contributed by atoms with Gasteiger partial charge < -0.3 is 0 Å². The minimum Gasteiger partial charge on any atom is -0.294 e. The van der Waals surface area contributed by atoms with Crippen LogP contribution in [0.5, 0.6) is 0 Å². The molecule has 9 heteroatoms. The van der Waals surface area contributed by atoms with E-state index >= 15 is 0 Å². The molecule has 0 N–H and O–H groups in total. The van der Waals surface area contributed by atoms with Crippen molar-refractivity contribution in [3.8, 4) is 0 Å². The molecule has 1 aliphatic heterocycles. The molecule has 2 aromatic carbocycles. The topological polar surface area (TPSA) is 54.5 Å². The number of Topliss-reactive ketones (excluding diaryl/α,β-unsaturated/α-hetero) is 1. The summed E-state index contributed by atoms with van der Waals surface area (Å²) in [5, 5.41) is 0. The van der Waals surface area contributed by atoms with E-state index in [1.165, 1.54) is 12.1 Å². The number of alkyl halides is 3. The Hall–Kier alpha value is -1.87. The lowest BCUT2D eigenvalue weighted by Gasteiger charge is -2.30. The highest BCUT2D eigenvalue weighted by Crippen LogP contribution is 2.36. The lowest BCUT2D eigenvalue weighted by molar-refractivity contribution is -0.137. The van der Waals surface area contributed by atoms with Gasteiger partial charge in [0, 0.05) is 23.0 Å². The number of ketones is 1. The molecule has 1 heterocycles. The smallest absolute Gasteiger partial charge is 0.294 e. The summed E-state index contributed by atoms with van der Waals surface area (Å²) in [4.78, 5) is 11.5. The zero-order valence-electron chi connectivity index (χ0n) is 12.5. The molecule has 0 amide bonds. The van der Waals surface area contributed by atoms with Gasteiger partial charge in [-0.2, -0.15) is 13.2 Å². The number of carbonyl (C=O) groups excluding carboxylic acids is 1. The Morgan fingerprint density at radius 2 is 1.80 bits per heavy atom. The maximum atomic E-state index is 12.9. The second kappa shape index (κ2) is 6.14. The van der Waals surface area contributed by atoms with Crippen LogP contribution in [0.4, 0.5) is 18.9 Å². The van der Waals surface area contributed by atoms with Gasteiger partial charge in [0.25, 0.3) is 10.0 Å². The van der Waals surface area contributed by atoms with Crippen molar-refractivity contribution in [2.45, 2.75) is 17.5 Å². The van der Waals surface area contributed by atoms with E-state index in [2.05, 4.69) is 15.9 Å². The molecule has 0 saturated carbocycles. The highest BCUT2D eigenvalue weighted by atomic mass is 79.9. The molecule has 1 aliphatic rings. The van der Waals surface area contributed by atoms with Crippen LogP contribution in [0.15, 0.2) is 51.8 Å². The Bertz CT molecular complexity index is 957. The van der Waals surface area contributed by atoms with E-state index in [9.17, 15) is 26.4 Å². The van der Waals surface area contributed by atoms with Crippen molar-refractivity contribution in [2.75, 3.05) is 10.8 Å². The average Bonchev–Trinajstić information content (AvgIpc) is 2.54. The van der Waals surface area contributed by atoms with E-state index in [1.807, 2.05) is 0 Å². The summed E-state index contributed by atoms with van der Waals surface area (Å²) < 4.78 is 65.9. The van der Waals surface area contributed by atoms with Crippen LogP contribution in [-0.4, -0.2) is 20.7 Å². The summed E-state index contributed by atoms with van der Waals surface area (Å²) in [6, 6.07) is 8.14. The van der Waals surface area contributed by atoms with Crippen LogP contribution in [0.2, 0.25) is 0 Å². The molecule has 0 aromatic heterocycles. The molecular formula is C16H11BrF3NO3S. The fourth-order valence-corrected chi connectivity index (χ4v) is 4.49. The van der Waals surface area contributed by atoms with Gasteiger partial charge in [-0.15, -0.1) is 0 Å². The third-order valence-corrected chi connectivity index (χ3v) is 6.12. The van der Waals surface area contributed by atoms with Crippen LogP contribution in [-0.2, 0) is 16.2 Å². The largest absolute Gasteiger partial charge is 0.416 e. The molecule has 0 bridgehead atoms. The van der Waals surface area contributed by atoms with Crippen molar-refractivity contribution in [3.63, 3.8) is 0 Å². The van der Waals surface area contributed by atoms with E-state index in [-0.39, 0.29) is 30.0 Å². The first-order valence-corrected chi connectivity index (χ1v) is 9.37. The highest BCUT2D eigenvalue weighted by Gasteiger charge is 2.35. The quantitative estimate of drug-likeness (QED) is 0.711. The molecule has 25 heavy (non-hydrogen) atoms. The van der Waals surface area contributed by atoms with Gasteiger partial charge in [-0.3, -0.25) is 9.10 Å². The number of nitrogens with zero attached hydrogens (tertiary/aromatic N) is 1. The third-order valence-electron chi connectivity index (χ3n) is 3.82. The van der Waals surface area contributed by atoms with Crippen LogP contribution in [0, 0.1) is 0 Å². The van der Waals surface area contributed by atoms with Gasteiger partial charge in [-0.1, -0.05) is 22.0 Å². The van der Waals surface area contributed by atoms with Gasteiger partial charge in [0.05, 0.1) is 16.1 Å². The zero-order chi connectivity index (χ0) is 18.4. The summed E-state index contributed by atoms with van der Waals surface area (Å²) in [6.07, 6.45) is -4.68. The molecule has 0 aliphatic carbocycles. The summed E-state index contributed by atoms with van der Waals surface area (Å²) in [7, 11) is -4.24. The van der Waals surface area contributed by atoms with Crippen LogP contribution >= 0.6 is 15.9 Å². The van der Waals surface area contributed by atoms with Crippen molar-refractivity contribution in [2.24, 2.45) is 0 Å². The first kappa shape index (κ1) is 17.9. The second-order valence-electron chi connectivity index (χ2n) is 5.44.